The zero-order valence-electron chi connectivity index (χ0n) is 19.0. The minimum atomic E-state index is 0.201. The normalized spacial score (nSPS) is 10.9. The van der Waals surface area contributed by atoms with E-state index in [4.69, 9.17) is 9.47 Å². The Morgan fingerprint density at radius 2 is 1.19 bits per heavy atom. The highest BCUT2D eigenvalue weighted by Crippen LogP contribution is 2.37. The predicted octanol–water partition coefficient (Wildman–Crippen LogP) is 7.27. The number of ether oxygens (including phenoxy) is 2. The number of aryl methyl sites for hydroxylation is 2. The lowest BCUT2D eigenvalue weighted by Crippen LogP contribution is -2.09. The molecule has 162 valence electrons. The van der Waals surface area contributed by atoms with Crippen molar-refractivity contribution in [1.29, 1.82) is 0 Å². The van der Waals surface area contributed by atoms with Gasteiger partial charge in [-0.15, -0.1) is 0 Å². The van der Waals surface area contributed by atoms with Crippen molar-refractivity contribution in [2.24, 2.45) is 0 Å². The average Bonchev–Trinajstić information content (AvgIpc) is 2.83. The lowest BCUT2D eigenvalue weighted by Gasteiger charge is -2.22. The van der Waals surface area contributed by atoms with Gasteiger partial charge in [0.1, 0.15) is 18.1 Å². The lowest BCUT2D eigenvalue weighted by atomic mass is 9.85. The fourth-order valence-corrected chi connectivity index (χ4v) is 4.04. The maximum Gasteiger partial charge on any atom is 0.126 e. The molecule has 0 radical (unpaired) electrons. The van der Waals surface area contributed by atoms with E-state index in [-0.39, 0.29) is 5.92 Å². The van der Waals surface area contributed by atoms with Crippen molar-refractivity contribution in [3.05, 3.63) is 130 Å². The Morgan fingerprint density at radius 3 is 1.75 bits per heavy atom. The average molecular weight is 423 g/mol. The van der Waals surface area contributed by atoms with Gasteiger partial charge in [-0.2, -0.15) is 0 Å². The number of hydrogen-bond donors (Lipinski definition) is 0. The Morgan fingerprint density at radius 1 is 0.625 bits per heavy atom. The van der Waals surface area contributed by atoms with Gasteiger partial charge in [0.05, 0.1) is 7.11 Å². The van der Waals surface area contributed by atoms with Crippen molar-refractivity contribution in [1.82, 2.24) is 0 Å². The van der Waals surface area contributed by atoms with Crippen LogP contribution in [0.4, 0.5) is 0 Å². The summed E-state index contributed by atoms with van der Waals surface area (Å²) in [5.41, 5.74) is 7.35. The molecule has 4 aromatic carbocycles. The van der Waals surface area contributed by atoms with Gasteiger partial charge < -0.3 is 9.47 Å². The molecule has 0 saturated carbocycles. The molecule has 2 heteroatoms. The summed E-state index contributed by atoms with van der Waals surface area (Å²) < 4.78 is 12.1. The minimum absolute atomic E-state index is 0.201. The molecule has 0 fully saturated rings. The predicted molar refractivity (Wildman–Crippen MR) is 132 cm³/mol. The first kappa shape index (κ1) is 21.7. The molecule has 0 bridgehead atoms. The summed E-state index contributed by atoms with van der Waals surface area (Å²) in [6.45, 7) is 4.78. The molecule has 0 aromatic heterocycles. The van der Waals surface area contributed by atoms with Crippen molar-refractivity contribution in [3.63, 3.8) is 0 Å². The van der Waals surface area contributed by atoms with Gasteiger partial charge in [-0.1, -0.05) is 96.1 Å². The standard InChI is InChI=1S/C30H30O2/c1-22-12-16-25(17-13-22)27(26-18-14-23(2)15-19-26)20-28-29(31-3)10-7-11-30(28)32-21-24-8-5-4-6-9-24/h4-19,27H,20-21H2,1-3H3. The van der Waals surface area contributed by atoms with E-state index in [0.29, 0.717) is 6.61 Å². The van der Waals surface area contributed by atoms with Gasteiger partial charge in [0.25, 0.3) is 0 Å². The number of methoxy groups -OCH3 is 1. The molecule has 0 atom stereocenters. The second kappa shape index (κ2) is 10.2. The van der Waals surface area contributed by atoms with Crippen LogP contribution in [0, 0.1) is 13.8 Å². The fourth-order valence-electron chi connectivity index (χ4n) is 4.04. The molecular formula is C30H30O2. The Hall–Kier alpha value is -3.52. The summed E-state index contributed by atoms with van der Waals surface area (Å²) >= 11 is 0. The first-order valence-corrected chi connectivity index (χ1v) is 11.1. The highest BCUT2D eigenvalue weighted by Gasteiger charge is 2.20. The smallest absolute Gasteiger partial charge is 0.126 e. The molecular weight excluding hydrogens is 392 g/mol. The summed E-state index contributed by atoms with van der Waals surface area (Å²) in [7, 11) is 1.73. The third-order valence-corrected chi connectivity index (χ3v) is 5.91. The van der Waals surface area contributed by atoms with Crippen LogP contribution in [-0.2, 0) is 13.0 Å². The van der Waals surface area contributed by atoms with Crippen molar-refractivity contribution in [2.75, 3.05) is 7.11 Å². The fraction of sp³-hybridized carbons (Fsp3) is 0.200. The van der Waals surface area contributed by atoms with Gasteiger partial charge in [-0.3, -0.25) is 0 Å². The van der Waals surface area contributed by atoms with E-state index in [2.05, 4.69) is 74.5 Å². The second-order valence-electron chi connectivity index (χ2n) is 8.29. The molecule has 0 aliphatic heterocycles. The Bertz CT molecular complexity index is 1080. The number of rotatable bonds is 8. The molecule has 0 amide bonds. The summed E-state index contributed by atoms with van der Waals surface area (Å²) in [6.07, 6.45) is 0.792. The maximum atomic E-state index is 6.30. The summed E-state index contributed by atoms with van der Waals surface area (Å²) in [6, 6.07) is 34.0. The van der Waals surface area contributed by atoms with Crippen molar-refractivity contribution < 1.29 is 9.47 Å². The van der Waals surface area contributed by atoms with Crippen LogP contribution in [-0.4, -0.2) is 7.11 Å². The molecule has 0 aliphatic rings. The monoisotopic (exact) mass is 422 g/mol. The second-order valence-corrected chi connectivity index (χ2v) is 8.29. The molecule has 32 heavy (non-hydrogen) atoms. The largest absolute Gasteiger partial charge is 0.496 e. The quantitative estimate of drug-likeness (QED) is 0.297. The van der Waals surface area contributed by atoms with Gasteiger partial charge in [-0.05, 0) is 49.1 Å². The minimum Gasteiger partial charge on any atom is -0.496 e. The maximum absolute atomic E-state index is 6.30. The first-order valence-electron chi connectivity index (χ1n) is 11.1. The van der Waals surface area contributed by atoms with Crippen molar-refractivity contribution in [3.8, 4) is 11.5 Å². The molecule has 0 heterocycles. The van der Waals surface area contributed by atoms with Gasteiger partial charge in [0, 0.05) is 11.5 Å². The Balaban J connectivity index is 1.70. The highest BCUT2D eigenvalue weighted by atomic mass is 16.5. The topological polar surface area (TPSA) is 18.5 Å². The number of benzene rings is 4. The van der Waals surface area contributed by atoms with Crippen molar-refractivity contribution in [2.45, 2.75) is 32.8 Å². The van der Waals surface area contributed by atoms with Gasteiger partial charge >= 0.3 is 0 Å². The molecule has 0 N–H and O–H groups in total. The van der Waals surface area contributed by atoms with Gasteiger partial charge in [0.2, 0.25) is 0 Å². The van der Waals surface area contributed by atoms with E-state index in [9.17, 15) is 0 Å². The van der Waals surface area contributed by atoms with Crippen LogP contribution < -0.4 is 9.47 Å². The lowest BCUT2D eigenvalue weighted by molar-refractivity contribution is 0.299. The van der Waals surface area contributed by atoms with E-state index >= 15 is 0 Å². The summed E-state index contributed by atoms with van der Waals surface area (Å²) in [5, 5.41) is 0. The van der Waals surface area contributed by atoms with E-state index in [0.717, 1.165) is 29.0 Å². The van der Waals surface area contributed by atoms with Crippen LogP contribution in [0.2, 0.25) is 0 Å². The highest BCUT2D eigenvalue weighted by molar-refractivity contribution is 5.48. The molecule has 0 aliphatic carbocycles. The number of hydrogen-bond acceptors (Lipinski definition) is 2. The zero-order valence-corrected chi connectivity index (χ0v) is 19.0. The van der Waals surface area contributed by atoms with Crippen LogP contribution in [0.1, 0.15) is 39.3 Å². The zero-order chi connectivity index (χ0) is 22.3. The third kappa shape index (κ3) is 5.20. The molecule has 0 spiro atoms. The van der Waals surface area contributed by atoms with Crippen LogP contribution in [0.25, 0.3) is 0 Å². The SMILES string of the molecule is COc1cccc(OCc2ccccc2)c1CC(c1ccc(C)cc1)c1ccc(C)cc1. The molecule has 4 aromatic rings. The van der Waals surface area contributed by atoms with Gasteiger partial charge in [-0.25, -0.2) is 0 Å². The van der Waals surface area contributed by atoms with E-state index in [1.54, 1.807) is 7.11 Å². The molecule has 0 unspecified atom stereocenters. The van der Waals surface area contributed by atoms with E-state index in [1.807, 2.05) is 36.4 Å². The summed E-state index contributed by atoms with van der Waals surface area (Å²) in [5.74, 6) is 1.93. The molecule has 4 rings (SSSR count). The van der Waals surface area contributed by atoms with Crippen LogP contribution in [0.3, 0.4) is 0 Å². The van der Waals surface area contributed by atoms with Gasteiger partial charge in [0.15, 0.2) is 0 Å². The van der Waals surface area contributed by atoms with E-state index in [1.165, 1.54) is 22.3 Å². The van der Waals surface area contributed by atoms with Crippen molar-refractivity contribution >= 4 is 0 Å². The van der Waals surface area contributed by atoms with Crippen LogP contribution in [0.5, 0.6) is 11.5 Å². The third-order valence-electron chi connectivity index (χ3n) is 5.91. The van der Waals surface area contributed by atoms with Crippen LogP contribution >= 0.6 is 0 Å². The molecule has 0 saturated heterocycles. The Kier molecular flexibility index (Phi) is 6.91. The Labute approximate surface area is 191 Å². The van der Waals surface area contributed by atoms with Crippen LogP contribution in [0.15, 0.2) is 97.1 Å². The molecule has 2 nitrogen and oxygen atoms in total. The first-order chi connectivity index (χ1) is 15.6. The van der Waals surface area contributed by atoms with E-state index < -0.39 is 0 Å². The summed E-state index contributed by atoms with van der Waals surface area (Å²) in [4.78, 5) is 0.